The van der Waals surface area contributed by atoms with Crippen LogP contribution in [0.1, 0.15) is 26.3 Å². The quantitative estimate of drug-likeness (QED) is 0.610. The zero-order valence-electron chi connectivity index (χ0n) is 15.4. The maximum absolute atomic E-state index is 12.6. The molecule has 0 saturated heterocycles. The Balaban J connectivity index is 2.01. The van der Waals surface area contributed by atoms with Crippen LogP contribution in [0, 0.1) is 6.92 Å². The second-order valence-electron chi connectivity index (χ2n) is 5.99. The van der Waals surface area contributed by atoms with Crippen molar-refractivity contribution in [3.63, 3.8) is 0 Å². The number of amides is 1. The fourth-order valence-electron chi connectivity index (χ4n) is 2.68. The summed E-state index contributed by atoms with van der Waals surface area (Å²) in [5.41, 5.74) is 3.11. The van der Waals surface area contributed by atoms with E-state index < -0.39 is 5.97 Å². The zero-order chi connectivity index (χ0) is 19.4. The number of thiazole rings is 1. The predicted octanol–water partition coefficient (Wildman–Crippen LogP) is 3.90. The number of rotatable bonds is 5. The molecular formula is C20H20N2O3S2. The summed E-state index contributed by atoms with van der Waals surface area (Å²) in [7, 11) is 1.33. The van der Waals surface area contributed by atoms with Crippen LogP contribution in [-0.2, 0) is 11.3 Å². The molecule has 0 atom stereocenters. The Labute approximate surface area is 165 Å². The number of aryl methyl sites for hydroxylation is 2. The van der Waals surface area contributed by atoms with E-state index in [9.17, 15) is 9.59 Å². The number of ether oxygens (including phenoxy) is 1. The van der Waals surface area contributed by atoms with Crippen molar-refractivity contribution in [2.45, 2.75) is 13.5 Å². The molecule has 27 heavy (non-hydrogen) atoms. The van der Waals surface area contributed by atoms with Gasteiger partial charge in [0.25, 0.3) is 5.91 Å². The number of esters is 1. The highest BCUT2D eigenvalue weighted by atomic mass is 32.2. The molecular weight excluding hydrogens is 380 g/mol. The summed E-state index contributed by atoms with van der Waals surface area (Å²) in [5, 5.41) is 0. The Kier molecular flexibility index (Phi) is 6.13. The summed E-state index contributed by atoms with van der Waals surface area (Å²) >= 11 is 3.27. The molecule has 0 radical (unpaired) electrons. The second kappa shape index (κ2) is 8.54. The lowest BCUT2D eigenvalue weighted by Crippen LogP contribution is -2.18. The summed E-state index contributed by atoms with van der Waals surface area (Å²) in [6, 6.07) is 12.6. The minimum Gasteiger partial charge on any atom is -0.465 e. The average molecular weight is 401 g/mol. The lowest BCUT2D eigenvalue weighted by atomic mass is 10.1. The highest BCUT2D eigenvalue weighted by Gasteiger charge is 2.11. The maximum Gasteiger partial charge on any atom is 0.337 e. The van der Waals surface area contributed by atoms with Crippen LogP contribution >= 0.6 is 23.1 Å². The first-order valence-corrected chi connectivity index (χ1v) is 10.6. The van der Waals surface area contributed by atoms with Crippen LogP contribution in [0.15, 0.2) is 47.5 Å². The standard InChI is InChI=1S/C20H20N2O3S2/c1-13-4-9-16-17(12-13)27-20(22(16)10-11-26-3)21-18(23)14-5-7-15(8-6-14)19(24)25-2/h4-9,12H,10-11H2,1-3H3. The summed E-state index contributed by atoms with van der Waals surface area (Å²) in [5.74, 6) is 0.183. The molecule has 140 valence electrons. The number of fused-ring (bicyclic) bond motifs is 1. The van der Waals surface area contributed by atoms with E-state index in [1.54, 1.807) is 36.0 Å². The van der Waals surface area contributed by atoms with E-state index in [0.717, 1.165) is 22.5 Å². The van der Waals surface area contributed by atoms with Crippen molar-refractivity contribution in [1.29, 1.82) is 0 Å². The van der Waals surface area contributed by atoms with Crippen molar-refractivity contribution in [2.75, 3.05) is 19.1 Å². The Morgan fingerprint density at radius 2 is 1.85 bits per heavy atom. The minimum absolute atomic E-state index is 0.326. The molecule has 2 aromatic carbocycles. The van der Waals surface area contributed by atoms with Crippen molar-refractivity contribution in [1.82, 2.24) is 4.57 Å². The molecule has 1 heterocycles. The van der Waals surface area contributed by atoms with Gasteiger partial charge in [0.2, 0.25) is 0 Å². The summed E-state index contributed by atoms with van der Waals surface area (Å²) in [6.45, 7) is 2.84. The van der Waals surface area contributed by atoms with E-state index in [-0.39, 0.29) is 5.91 Å². The smallest absolute Gasteiger partial charge is 0.337 e. The van der Waals surface area contributed by atoms with Gasteiger partial charge < -0.3 is 9.30 Å². The van der Waals surface area contributed by atoms with Gasteiger partial charge in [-0.15, -0.1) is 0 Å². The molecule has 0 fully saturated rings. The monoisotopic (exact) mass is 400 g/mol. The Hall–Kier alpha value is -2.38. The van der Waals surface area contributed by atoms with Gasteiger partial charge in [-0.05, 0) is 55.1 Å². The fraction of sp³-hybridized carbons (Fsp3) is 0.250. The molecule has 0 unspecified atom stereocenters. The SMILES string of the molecule is COC(=O)c1ccc(C(=O)N=c2sc3cc(C)ccc3n2CCSC)cc1. The van der Waals surface area contributed by atoms with Crippen LogP contribution in [0.25, 0.3) is 10.2 Å². The van der Waals surface area contributed by atoms with Gasteiger partial charge in [0, 0.05) is 17.9 Å². The molecule has 0 aliphatic carbocycles. The number of benzene rings is 2. The molecule has 3 rings (SSSR count). The second-order valence-corrected chi connectivity index (χ2v) is 7.98. The first-order chi connectivity index (χ1) is 13.0. The van der Waals surface area contributed by atoms with Gasteiger partial charge in [0.15, 0.2) is 4.80 Å². The van der Waals surface area contributed by atoms with Crippen molar-refractivity contribution < 1.29 is 14.3 Å². The van der Waals surface area contributed by atoms with Gasteiger partial charge in [-0.1, -0.05) is 17.4 Å². The van der Waals surface area contributed by atoms with Crippen LogP contribution in [-0.4, -0.2) is 35.6 Å². The third kappa shape index (κ3) is 4.31. The maximum atomic E-state index is 12.6. The summed E-state index contributed by atoms with van der Waals surface area (Å²) < 4.78 is 7.89. The number of nitrogens with zero attached hydrogens (tertiary/aromatic N) is 2. The largest absolute Gasteiger partial charge is 0.465 e. The summed E-state index contributed by atoms with van der Waals surface area (Å²) in [4.78, 5) is 29.2. The van der Waals surface area contributed by atoms with Gasteiger partial charge in [0.1, 0.15) is 0 Å². The molecule has 0 aliphatic heterocycles. The average Bonchev–Trinajstić information content (AvgIpc) is 3.01. The summed E-state index contributed by atoms with van der Waals surface area (Å²) in [6.07, 6.45) is 2.06. The van der Waals surface area contributed by atoms with Crippen LogP contribution < -0.4 is 4.80 Å². The Morgan fingerprint density at radius 3 is 2.52 bits per heavy atom. The van der Waals surface area contributed by atoms with Crippen molar-refractivity contribution in [3.8, 4) is 0 Å². The molecule has 3 aromatic rings. The first-order valence-electron chi connectivity index (χ1n) is 8.40. The number of methoxy groups -OCH3 is 1. The minimum atomic E-state index is -0.430. The third-order valence-electron chi connectivity index (χ3n) is 4.11. The third-order valence-corrected chi connectivity index (χ3v) is 5.74. The van der Waals surface area contributed by atoms with E-state index in [1.165, 1.54) is 24.0 Å². The predicted molar refractivity (Wildman–Crippen MR) is 111 cm³/mol. The van der Waals surface area contributed by atoms with Gasteiger partial charge in [-0.2, -0.15) is 16.8 Å². The number of thioether (sulfide) groups is 1. The topological polar surface area (TPSA) is 60.7 Å². The van der Waals surface area contributed by atoms with Crippen LogP contribution in [0.4, 0.5) is 0 Å². The lowest BCUT2D eigenvalue weighted by Gasteiger charge is -2.04. The molecule has 1 aromatic heterocycles. The molecule has 0 saturated carbocycles. The molecule has 0 spiro atoms. The van der Waals surface area contributed by atoms with E-state index in [4.69, 9.17) is 0 Å². The Bertz CT molecular complexity index is 1050. The molecule has 0 N–H and O–H groups in total. The Morgan fingerprint density at radius 1 is 1.15 bits per heavy atom. The van der Waals surface area contributed by atoms with Crippen molar-refractivity contribution in [3.05, 3.63) is 64.0 Å². The zero-order valence-corrected chi connectivity index (χ0v) is 17.0. The van der Waals surface area contributed by atoms with E-state index in [2.05, 4.69) is 45.7 Å². The van der Waals surface area contributed by atoms with Crippen LogP contribution in [0.3, 0.4) is 0 Å². The van der Waals surface area contributed by atoms with Gasteiger partial charge in [-0.3, -0.25) is 4.79 Å². The van der Waals surface area contributed by atoms with Crippen LogP contribution in [0.2, 0.25) is 0 Å². The van der Waals surface area contributed by atoms with Crippen molar-refractivity contribution in [2.24, 2.45) is 4.99 Å². The van der Waals surface area contributed by atoms with E-state index in [0.29, 0.717) is 15.9 Å². The van der Waals surface area contributed by atoms with Gasteiger partial charge in [-0.25, -0.2) is 4.79 Å². The highest BCUT2D eigenvalue weighted by Crippen LogP contribution is 2.19. The number of aromatic nitrogens is 1. The van der Waals surface area contributed by atoms with Crippen LogP contribution in [0.5, 0.6) is 0 Å². The molecule has 0 aliphatic rings. The normalized spacial score (nSPS) is 11.7. The fourth-order valence-corrected chi connectivity index (χ4v) is 4.20. The van der Waals surface area contributed by atoms with E-state index in [1.807, 2.05) is 0 Å². The van der Waals surface area contributed by atoms with E-state index >= 15 is 0 Å². The van der Waals surface area contributed by atoms with Crippen molar-refractivity contribution >= 4 is 45.2 Å². The molecule has 5 nitrogen and oxygen atoms in total. The molecule has 7 heteroatoms. The van der Waals surface area contributed by atoms with Gasteiger partial charge in [0.05, 0.1) is 22.9 Å². The number of hydrogen-bond donors (Lipinski definition) is 0. The lowest BCUT2D eigenvalue weighted by molar-refractivity contribution is 0.0600. The highest BCUT2D eigenvalue weighted by molar-refractivity contribution is 7.98. The van der Waals surface area contributed by atoms with Gasteiger partial charge >= 0.3 is 5.97 Å². The molecule has 0 bridgehead atoms. The number of hydrogen-bond acceptors (Lipinski definition) is 5. The molecule has 1 amide bonds. The number of carbonyl (C=O) groups excluding carboxylic acids is 2. The first kappa shape index (κ1) is 19.4. The number of carbonyl (C=O) groups is 2.